The number of Topliss-reactive ketones (excluding diaryl/α,β-unsaturated/α-hetero) is 1. The van der Waals surface area contributed by atoms with Crippen LogP contribution in [0.1, 0.15) is 46.5 Å². The molecule has 0 N–H and O–H groups in total. The van der Waals surface area contributed by atoms with Crippen molar-refractivity contribution in [1.82, 2.24) is 14.7 Å². The highest BCUT2D eigenvalue weighted by molar-refractivity contribution is 5.80. The molecule has 5 heteroatoms. The maximum atomic E-state index is 11.6. The number of piperidine rings is 1. The SMILES string of the molecule is CCC(=O)CN1CCN(C2CCN(CCOC(C)CC)CC2)CC1. The average Bonchev–Trinajstić information content (AvgIpc) is 2.62. The largest absolute Gasteiger partial charge is 0.377 e. The Morgan fingerprint density at radius 1 is 1.04 bits per heavy atom. The summed E-state index contributed by atoms with van der Waals surface area (Å²) in [6.45, 7) is 15.6. The maximum Gasteiger partial charge on any atom is 0.146 e. The van der Waals surface area contributed by atoms with Gasteiger partial charge in [0, 0.05) is 45.2 Å². The van der Waals surface area contributed by atoms with Crippen molar-refractivity contribution in [2.24, 2.45) is 0 Å². The first-order chi connectivity index (χ1) is 11.6. The summed E-state index contributed by atoms with van der Waals surface area (Å²) in [6, 6.07) is 0.737. The summed E-state index contributed by atoms with van der Waals surface area (Å²) < 4.78 is 5.80. The fraction of sp³-hybridized carbons (Fsp3) is 0.947. The molecule has 0 aliphatic carbocycles. The Morgan fingerprint density at radius 2 is 1.71 bits per heavy atom. The topological polar surface area (TPSA) is 36.0 Å². The lowest BCUT2D eigenvalue weighted by Gasteiger charge is -2.42. The van der Waals surface area contributed by atoms with Crippen LogP contribution in [0.15, 0.2) is 0 Å². The van der Waals surface area contributed by atoms with Crippen molar-refractivity contribution in [3.05, 3.63) is 0 Å². The molecule has 0 saturated carbocycles. The van der Waals surface area contributed by atoms with Crippen molar-refractivity contribution in [3.63, 3.8) is 0 Å². The van der Waals surface area contributed by atoms with Crippen molar-refractivity contribution in [1.29, 1.82) is 0 Å². The second-order valence-electron chi connectivity index (χ2n) is 7.37. The molecule has 140 valence electrons. The molecule has 2 aliphatic heterocycles. The lowest BCUT2D eigenvalue weighted by Crippen LogP contribution is -2.54. The van der Waals surface area contributed by atoms with Gasteiger partial charge < -0.3 is 9.64 Å². The molecular weight excluding hydrogens is 302 g/mol. The molecular formula is C19H37N3O2. The number of ketones is 1. The van der Waals surface area contributed by atoms with Gasteiger partial charge in [-0.2, -0.15) is 0 Å². The molecule has 0 radical (unpaired) electrons. The first-order valence-electron chi connectivity index (χ1n) is 9.94. The van der Waals surface area contributed by atoms with E-state index >= 15 is 0 Å². The number of likely N-dealkylation sites (tertiary alicyclic amines) is 1. The van der Waals surface area contributed by atoms with Gasteiger partial charge in [-0.25, -0.2) is 0 Å². The molecule has 2 saturated heterocycles. The zero-order valence-electron chi connectivity index (χ0n) is 16.0. The predicted octanol–water partition coefficient (Wildman–Crippen LogP) is 1.86. The summed E-state index contributed by atoms with van der Waals surface area (Å²) in [7, 11) is 0. The molecule has 0 spiro atoms. The van der Waals surface area contributed by atoms with Crippen molar-refractivity contribution in [2.45, 2.75) is 58.6 Å². The van der Waals surface area contributed by atoms with E-state index < -0.39 is 0 Å². The van der Waals surface area contributed by atoms with Crippen molar-refractivity contribution < 1.29 is 9.53 Å². The summed E-state index contributed by atoms with van der Waals surface area (Å²) in [4.78, 5) is 19.1. The second kappa shape index (κ2) is 10.5. The van der Waals surface area contributed by atoms with Gasteiger partial charge in [-0.1, -0.05) is 13.8 Å². The molecule has 0 bridgehead atoms. The Labute approximate surface area is 148 Å². The van der Waals surface area contributed by atoms with Crippen LogP contribution >= 0.6 is 0 Å². The molecule has 5 nitrogen and oxygen atoms in total. The first-order valence-corrected chi connectivity index (χ1v) is 9.94. The van der Waals surface area contributed by atoms with Crippen molar-refractivity contribution in [2.75, 3.05) is 59.0 Å². The molecule has 2 aliphatic rings. The Bertz CT molecular complexity index is 362. The summed E-state index contributed by atoms with van der Waals surface area (Å²) in [5.74, 6) is 0.372. The molecule has 2 rings (SSSR count). The molecule has 2 fully saturated rings. The quantitative estimate of drug-likeness (QED) is 0.641. The van der Waals surface area contributed by atoms with Gasteiger partial charge in [-0.3, -0.25) is 14.6 Å². The molecule has 0 aromatic carbocycles. The molecule has 1 atom stereocenters. The highest BCUT2D eigenvalue weighted by Crippen LogP contribution is 2.18. The van der Waals surface area contributed by atoms with E-state index in [4.69, 9.17) is 4.74 Å². The summed E-state index contributed by atoms with van der Waals surface area (Å²) >= 11 is 0. The van der Waals surface area contributed by atoms with Gasteiger partial charge in [-0.15, -0.1) is 0 Å². The van der Waals surface area contributed by atoms with Crippen molar-refractivity contribution >= 4 is 5.78 Å². The van der Waals surface area contributed by atoms with Gasteiger partial charge in [0.25, 0.3) is 0 Å². The lowest BCUT2D eigenvalue weighted by atomic mass is 10.0. The number of ether oxygens (including phenoxy) is 1. The van der Waals surface area contributed by atoms with Crippen LogP contribution < -0.4 is 0 Å². The summed E-state index contributed by atoms with van der Waals surface area (Å²) in [5.41, 5.74) is 0. The van der Waals surface area contributed by atoms with E-state index in [-0.39, 0.29) is 0 Å². The Morgan fingerprint density at radius 3 is 2.29 bits per heavy atom. The van der Waals surface area contributed by atoms with Crippen LogP contribution in [0.5, 0.6) is 0 Å². The Kier molecular flexibility index (Phi) is 8.67. The zero-order chi connectivity index (χ0) is 17.4. The van der Waals surface area contributed by atoms with Crippen LogP contribution in [-0.4, -0.2) is 91.6 Å². The minimum absolute atomic E-state index is 0.372. The predicted molar refractivity (Wildman–Crippen MR) is 98.5 cm³/mol. The fourth-order valence-electron chi connectivity index (χ4n) is 3.66. The van der Waals surface area contributed by atoms with Crippen LogP contribution in [0.2, 0.25) is 0 Å². The highest BCUT2D eigenvalue weighted by Gasteiger charge is 2.27. The van der Waals surface area contributed by atoms with Crippen LogP contribution in [0.25, 0.3) is 0 Å². The molecule has 2 heterocycles. The highest BCUT2D eigenvalue weighted by atomic mass is 16.5. The minimum Gasteiger partial charge on any atom is -0.377 e. The van der Waals surface area contributed by atoms with Crippen molar-refractivity contribution in [3.8, 4) is 0 Å². The number of nitrogens with zero attached hydrogens (tertiary/aromatic N) is 3. The van der Waals surface area contributed by atoms with Gasteiger partial charge >= 0.3 is 0 Å². The monoisotopic (exact) mass is 339 g/mol. The van der Waals surface area contributed by atoms with Gasteiger partial charge in [-0.05, 0) is 39.3 Å². The molecule has 0 amide bonds. The van der Waals surface area contributed by atoms with Gasteiger partial charge in [0.15, 0.2) is 0 Å². The van der Waals surface area contributed by atoms with Crippen LogP contribution in [0.4, 0.5) is 0 Å². The van der Waals surface area contributed by atoms with Gasteiger partial charge in [0.1, 0.15) is 5.78 Å². The molecule has 24 heavy (non-hydrogen) atoms. The standard InChI is InChI=1S/C19H37N3O2/c1-4-17(3)24-15-14-20-8-6-18(7-9-20)22-12-10-21(11-13-22)16-19(23)5-2/h17-18H,4-16H2,1-3H3. The van der Waals surface area contributed by atoms with E-state index in [1.165, 1.54) is 25.9 Å². The number of carbonyl (C=O) groups is 1. The molecule has 0 aromatic heterocycles. The van der Waals surface area contributed by atoms with Crippen LogP contribution in [0, 0.1) is 0 Å². The third kappa shape index (κ3) is 6.43. The van der Waals surface area contributed by atoms with E-state index in [0.29, 0.717) is 24.9 Å². The van der Waals surface area contributed by atoms with E-state index in [2.05, 4.69) is 28.5 Å². The molecule has 0 aromatic rings. The number of hydrogen-bond acceptors (Lipinski definition) is 5. The van der Waals surface area contributed by atoms with Gasteiger partial charge in [0.2, 0.25) is 0 Å². The Balaban J connectivity index is 1.60. The summed E-state index contributed by atoms with van der Waals surface area (Å²) in [5, 5.41) is 0. The lowest BCUT2D eigenvalue weighted by molar-refractivity contribution is -0.120. The van der Waals surface area contributed by atoms with E-state index in [9.17, 15) is 4.79 Å². The molecule has 1 unspecified atom stereocenters. The third-order valence-electron chi connectivity index (χ3n) is 5.66. The third-order valence-corrected chi connectivity index (χ3v) is 5.66. The smallest absolute Gasteiger partial charge is 0.146 e. The number of carbonyl (C=O) groups excluding carboxylic acids is 1. The number of piperazine rings is 1. The number of hydrogen-bond donors (Lipinski definition) is 0. The van der Waals surface area contributed by atoms with Crippen LogP contribution in [0.3, 0.4) is 0 Å². The van der Waals surface area contributed by atoms with E-state index in [1.807, 2.05) is 6.92 Å². The summed E-state index contributed by atoms with van der Waals surface area (Å²) in [6.07, 6.45) is 4.70. The van der Waals surface area contributed by atoms with Crippen LogP contribution in [-0.2, 0) is 9.53 Å². The van der Waals surface area contributed by atoms with E-state index in [1.54, 1.807) is 0 Å². The normalized spacial score (nSPS) is 23.5. The Hall–Kier alpha value is -0.490. The zero-order valence-corrected chi connectivity index (χ0v) is 16.0. The maximum absolute atomic E-state index is 11.6. The first kappa shape index (κ1) is 19.8. The average molecular weight is 340 g/mol. The van der Waals surface area contributed by atoms with Gasteiger partial charge in [0.05, 0.1) is 19.3 Å². The number of rotatable bonds is 9. The second-order valence-corrected chi connectivity index (χ2v) is 7.37. The van der Waals surface area contributed by atoms with E-state index in [0.717, 1.165) is 51.8 Å². The minimum atomic E-state index is 0.372. The fourth-order valence-corrected chi connectivity index (χ4v) is 3.66.